The van der Waals surface area contributed by atoms with E-state index in [1.165, 1.54) is 12.2 Å². The van der Waals surface area contributed by atoms with Crippen molar-refractivity contribution >= 4 is 23.9 Å². The topological polar surface area (TPSA) is 84.5 Å². The van der Waals surface area contributed by atoms with Gasteiger partial charge < -0.3 is 4.74 Å². The first-order valence-electron chi connectivity index (χ1n) is 9.65. The van der Waals surface area contributed by atoms with Gasteiger partial charge in [0.05, 0.1) is 5.56 Å². The summed E-state index contributed by atoms with van der Waals surface area (Å²) in [4.78, 5) is 36.6. The Labute approximate surface area is 180 Å². The molecule has 0 aromatic heterocycles. The van der Waals surface area contributed by atoms with Crippen molar-refractivity contribution in [2.45, 2.75) is 13.8 Å². The van der Waals surface area contributed by atoms with E-state index in [0.717, 1.165) is 11.1 Å². The summed E-state index contributed by atoms with van der Waals surface area (Å²) in [7, 11) is 0. The molecule has 0 bridgehead atoms. The average molecular weight is 414 g/mol. The van der Waals surface area contributed by atoms with Crippen molar-refractivity contribution < 1.29 is 19.1 Å². The standard InChI is InChI=1S/C25H22N2O4/c1-17-10-12-20(13-11-17)24(29)27-26-23(28)15-14-19-7-3-4-9-22(19)31-25(30)21-8-5-6-18(2)16-21/h3-16H,1-2H3,(H,26,28)(H,27,29)/b15-14+. The van der Waals surface area contributed by atoms with Gasteiger partial charge in [0.2, 0.25) is 0 Å². The second-order valence-electron chi connectivity index (χ2n) is 6.94. The van der Waals surface area contributed by atoms with Crippen LogP contribution in [0.4, 0.5) is 0 Å². The Morgan fingerprint density at radius 1 is 0.774 bits per heavy atom. The molecule has 3 aromatic rings. The molecule has 156 valence electrons. The van der Waals surface area contributed by atoms with Gasteiger partial charge in [0, 0.05) is 17.2 Å². The van der Waals surface area contributed by atoms with Crippen LogP contribution in [0.25, 0.3) is 6.08 Å². The first-order valence-corrected chi connectivity index (χ1v) is 9.65. The van der Waals surface area contributed by atoms with Crippen molar-refractivity contribution in [1.82, 2.24) is 10.9 Å². The second-order valence-corrected chi connectivity index (χ2v) is 6.94. The van der Waals surface area contributed by atoms with Crippen LogP contribution < -0.4 is 15.6 Å². The molecule has 0 fully saturated rings. The summed E-state index contributed by atoms with van der Waals surface area (Å²) in [6, 6.07) is 20.9. The minimum absolute atomic E-state index is 0.321. The molecule has 0 aliphatic heterocycles. The van der Waals surface area contributed by atoms with Crippen molar-refractivity contribution in [3.8, 4) is 5.75 Å². The van der Waals surface area contributed by atoms with Gasteiger partial charge in [0.1, 0.15) is 5.75 Å². The number of ether oxygens (including phenoxy) is 1. The Kier molecular flexibility index (Phi) is 6.96. The highest BCUT2D eigenvalue weighted by molar-refractivity contribution is 5.98. The largest absolute Gasteiger partial charge is 0.422 e. The monoisotopic (exact) mass is 414 g/mol. The first kappa shape index (κ1) is 21.5. The van der Waals surface area contributed by atoms with Gasteiger partial charge in [0.15, 0.2) is 0 Å². The molecule has 0 saturated carbocycles. The lowest BCUT2D eigenvalue weighted by Gasteiger charge is -2.08. The number of hydrogen-bond donors (Lipinski definition) is 2. The summed E-state index contributed by atoms with van der Waals surface area (Å²) < 4.78 is 5.49. The third-order valence-corrected chi connectivity index (χ3v) is 4.40. The van der Waals surface area contributed by atoms with E-state index in [1.54, 1.807) is 54.6 Å². The third-order valence-electron chi connectivity index (χ3n) is 4.40. The molecule has 6 heteroatoms. The minimum Gasteiger partial charge on any atom is -0.422 e. The molecule has 0 atom stereocenters. The molecule has 31 heavy (non-hydrogen) atoms. The Hall–Kier alpha value is -4.19. The molecule has 0 spiro atoms. The van der Waals surface area contributed by atoms with Gasteiger partial charge in [-0.15, -0.1) is 0 Å². The van der Waals surface area contributed by atoms with Gasteiger partial charge in [-0.05, 0) is 50.3 Å². The van der Waals surface area contributed by atoms with Gasteiger partial charge in [-0.2, -0.15) is 0 Å². The third kappa shape index (κ3) is 6.14. The number of benzene rings is 3. The summed E-state index contributed by atoms with van der Waals surface area (Å²) in [5.41, 5.74) is 8.08. The highest BCUT2D eigenvalue weighted by Crippen LogP contribution is 2.21. The molecule has 2 amide bonds. The van der Waals surface area contributed by atoms with Crippen molar-refractivity contribution in [2.75, 3.05) is 0 Å². The zero-order valence-electron chi connectivity index (χ0n) is 17.2. The number of aryl methyl sites for hydroxylation is 2. The lowest BCUT2D eigenvalue weighted by molar-refractivity contribution is -0.117. The molecule has 0 aliphatic rings. The van der Waals surface area contributed by atoms with E-state index in [2.05, 4.69) is 10.9 Å². The van der Waals surface area contributed by atoms with Crippen LogP contribution in [0.15, 0.2) is 78.9 Å². The molecule has 0 unspecified atom stereocenters. The van der Waals surface area contributed by atoms with Gasteiger partial charge in [-0.3, -0.25) is 20.4 Å². The van der Waals surface area contributed by atoms with E-state index in [0.29, 0.717) is 22.4 Å². The number of rotatable bonds is 5. The van der Waals surface area contributed by atoms with E-state index >= 15 is 0 Å². The molecule has 0 saturated heterocycles. The molecule has 6 nitrogen and oxygen atoms in total. The van der Waals surface area contributed by atoms with Crippen LogP contribution in [0.3, 0.4) is 0 Å². The van der Waals surface area contributed by atoms with E-state index in [4.69, 9.17) is 4.74 Å². The fraction of sp³-hybridized carbons (Fsp3) is 0.0800. The summed E-state index contributed by atoms with van der Waals surface area (Å²) in [5.74, 6) is -1.12. The number of nitrogens with one attached hydrogen (secondary N) is 2. The zero-order chi connectivity index (χ0) is 22.2. The maximum absolute atomic E-state index is 12.4. The molecule has 0 radical (unpaired) electrons. The fourth-order valence-corrected chi connectivity index (χ4v) is 2.74. The number of carbonyl (C=O) groups is 3. The van der Waals surface area contributed by atoms with Crippen molar-refractivity contribution in [2.24, 2.45) is 0 Å². The van der Waals surface area contributed by atoms with E-state index in [9.17, 15) is 14.4 Å². The summed E-state index contributed by atoms with van der Waals surface area (Å²) in [6.45, 7) is 3.81. The second kappa shape index (κ2) is 10.0. The quantitative estimate of drug-likeness (QED) is 0.286. The summed E-state index contributed by atoms with van der Waals surface area (Å²) in [6.07, 6.45) is 2.75. The summed E-state index contributed by atoms with van der Waals surface area (Å²) in [5, 5.41) is 0. The van der Waals surface area contributed by atoms with Crippen LogP contribution in [0.5, 0.6) is 5.75 Å². The molecular weight excluding hydrogens is 392 g/mol. The molecule has 3 aromatic carbocycles. The van der Waals surface area contributed by atoms with Gasteiger partial charge >= 0.3 is 5.97 Å². The molecule has 0 aliphatic carbocycles. The molecule has 2 N–H and O–H groups in total. The predicted octanol–water partition coefficient (Wildman–Crippen LogP) is 4.00. The lowest BCUT2D eigenvalue weighted by Crippen LogP contribution is -2.40. The van der Waals surface area contributed by atoms with Crippen molar-refractivity contribution in [3.05, 3.63) is 107 Å². The van der Waals surface area contributed by atoms with Crippen LogP contribution >= 0.6 is 0 Å². The van der Waals surface area contributed by atoms with Crippen molar-refractivity contribution in [3.63, 3.8) is 0 Å². The SMILES string of the molecule is Cc1ccc(C(=O)NNC(=O)/C=C/c2ccccc2OC(=O)c2cccc(C)c2)cc1. The van der Waals surface area contributed by atoms with Gasteiger partial charge in [-0.25, -0.2) is 4.79 Å². The molecule has 0 heterocycles. The average Bonchev–Trinajstić information content (AvgIpc) is 2.77. The number of esters is 1. The Morgan fingerprint density at radius 2 is 1.52 bits per heavy atom. The van der Waals surface area contributed by atoms with Gasteiger partial charge in [0.25, 0.3) is 11.8 Å². The normalized spacial score (nSPS) is 10.5. The van der Waals surface area contributed by atoms with Gasteiger partial charge in [-0.1, -0.05) is 53.6 Å². The maximum atomic E-state index is 12.4. The summed E-state index contributed by atoms with van der Waals surface area (Å²) >= 11 is 0. The number of hydrazine groups is 1. The molecular formula is C25H22N2O4. The Morgan fingerprint density at radius 3 is 2.26 bits per heavy atom. The highest BCUT2D eigenvalue weighted by Gasteiger charge is 2.11. The Bertz CT molecular complexity index is 1130. The first-order chi connectivity index (χ1) is 14.9. The van der Waals surface area contributed by atoms with Crippen LogP contribution in [0.1, 0.15) is 37.4 Å². The zero-order valence-corrected chi connectivity index (χ0v) is 17.2. The van der Waals surface area contributed by atoms with Crippen LogP contribution in [-0.4, -0.2) is 17.8 Å². The van der Waals surface area contributed by atoms with Crippen LogP contribution in [0, 0.1) is 13.8 Å². The number of para-hydroxylation sites is 1. The predicted molar refractivity (Wildman–Crippen MR) is 118 cm³/mol. The van der Waals surface area contributed by atoms with Crippen molar-refractivity contribution in [1.29, 1.82) is 0 Å². The van der Waals surface area contributed by atoms with E-state index in [1.807, 2.05) is 32.0 Å². The van der Waals surface area contributed by atoms with Crippen LogP contribution in [-0.2, 0) is 4.79 Å². The number of carbonyl (C=O) groups excluding carboxylic acids is 3. The van der Waals surface area contributed by atoms with E-state index in [-0.39, 0.29) is 0 Å². The fourth-order valence-electron chi connectivity index (χ4n) is 2.74. The van der Waals surface area contributed by atoms with E-state index < -0.39 is 17.8 Å². The lowest BCUT2D eigenvalue weighted by atomic mass is 10.1. The Balaban J connectivity index is 1.61. The molecule has 3 rings (SSSR count). The maximum Gasteiger partial charge on any atom is 0.343 e. The smallest absolute Gasteiger partial charge is 0.343 e. The number of amides is 2. The number of hydrogen-bond acceptors (Lipinski definition) is 4. The highest BCUT2D eigenvalue weighted by atomic mass is 16.5. The van der Waals surface area contributed by atoms with Crippen LogP contribution in [0.2, 0.25) is 0 Å². The minimum atomic E-state index is -0.528.